The van der Waals surface area contributed by atoms with Gasteiger partial charge in [0.2, 0.25) is 5.91 Å². The molecule has 3 rings (SSSR count). The van der Waals surface area contributed by atoms with Gasteiger partial charge in [0, 0.05) is 32.2 Å². The molecule has 0 radical (unpaired) electrons. The molecule has 5 heteroatoms. The van der Waals surface area contributed by atoms with E-state index in [1.807, 2.05) is 30.1 Å². The van der Waals surface area contributed by atoms with Crippen LogP contribution < -0.4 is 5.32 Å². The van der Waals surface area contributed by atoms with Gasteiger partial charge in [0.05, 0.1) is 11.3 Å². The van der Waals surface area contributed by atoms with Gasteiger partial charge < -0.3 is 15.0 Å². The van der Waals surface area contributed by atoms with Crippen LogP contribution in [0.15, 0.2) is 24.3 Å². The van der Waals surface area contributed by atoms with Gasteiger partial charge in [-0.15, -0.1) is 0 Å². The van der Waals surface area contributed by atoms with Gasteiger partial charge in [-0.05, 0) is 37.8 Å². The summed E-state index contributed by atoms with van der Waals surface area (Å²) in [5, 5.41) is 2.98. The fourth-order valence-corrected chi connectivity index (χ4v) is 3.80. The summed E-state index contributed by atoms with van der Waals surface area (Å²) >= 11 is 0. The summed E-state index contributed by atoms with van der Waals surface area (Å²) in [5.41, 5.74) is 1.20. The molecule has 0 bridgehead atoms. The second-order valence-electron chi connectivity index (χ2n) is 7.13. The zero-order valence-electron chi connectivity index (χ0n) is 15.0. The minimum Gasteiger partial charge on any atom is -0.381 e. The highest BCUT2D eigenvalue weighted by molar-refractivity contribution is 6.04. The van der Waals surface area contributed by atoms with E-state index in [0.29, 0.717) is 30.5 Å². The Labute approximate surface area is 149 Å². The van der Waals surface area contributed by atoms with Crippen molar-refractivity contribution in [1.29, 1.82) is 0 Å². The van der Waals surface area contributed by atoms with Crippen molar-refractivity contribution < 1.29 is 14.3 Å². The lowest BCUT2D eigenvalue weighted by Gasteiger charge is -2.31. The molecule has 1 aliphatic heterocycles. The molecule has 0 aromatic heterocycles. The molecule has 1 aromatic carbocycles. The van der Waals surface area contributed by atoms with Crippen molar-refractivity contribution in [3.63, 3.8) is 0 Å². The fourth-order valence-electron chi connectivity index (χ4n) is 3.80. The second kappa shape index (κ2) is 8.48. The molecule has 1 aliphatic carbocycles. The van der Waals surface area contributed by atoms with Crippen LogP contribution in [0.25, 0.3) is 0 Å². The summed E-state index contributed by atoms with van der Waals surface area (Å²) in [7, 11) is 1.88. The highest BCUT2D eigenvalue weighted by atomic mass is 16.5. The molecule has 0 atom stereocenters. The van der Waals surface area contributed by atoms with Crippen molar-refractivity contribution in [2.75, 3.05) is 25.6 Å². The molecule has 1 heterocycles. The van der Waals surface area contributed by atoms with Gasteiger partial charge in [-0.3, -0.25) is 9.59 Å². The van der Waals surface area contributed by atoms with Gasteiger partial charge in [-0.25, -0.2) is 0 Å². The molecule has 2 amide bonds. The molecule has 2 fully saturated rings. The van der Waals surface area contributed by atoms with Crippen LogP contribution >= 0.6 is 0 Å². The smallest absolute Gasteiger partial charge is 0.255 e. The monoisotopic (exact) mass is 344 g/mol. The van der Waals surface area contributed by atoms with Gasteiger partial charge in [0.1, 0.15) is 0 Å². The highest BCUT2D eigenvalue weighted by Gasteiger charge is 2.26. The van der Waals surface area contributed by atoms with E-state index in [1.54, 1.807) is 6.07 Å². The number of hydrogen-bond acceptors (Lipinski definition) is 3. The largest absolute Gasteiger partial charge is 0.381 e. The van der Waals surface area contributed by atoms with Crippen LogP contribution in [0.2, 0.25) is 0 Å². The van der Waals surface area contributed by atoms with Crippen LogP contribution in [0.3, 0.4) is 0 Å². The first-order valence-corrected chi connectivity index (χ1v) is 9.41. The topological polar surface area (TPSA) is 58.6 Å². The van der Waals surface area contributed by atoms with Crippen LogP contribution in [0.5, 0.6) is 0 Å². The maximum atomic E-state index is 13.0. The molecule has 136 valence electrons. The molecular formula is C20H28N2O3. The van der Waals surface area contributed by atoms with Crippen molar-refractivity contribution in [2.24, 2.45) is 5.92 Å². The first kappa shape index (κ1) is 17.9. The number of amides is 2. The molecule has 5 nitrogen and oxygen atoms in total. The number of rotatable bonds is 4. The van der Waals surface area contributed by atoms with E-state index in [2.05, 4.69) is 5.32 Å². The quantitative estimate of drug-likeness (QED) is 0.910. The summed E-state index contributed by atoms with van der Waals surface area (Å²) in [6, 6.07) is 7.64. The first-order valence-electron chi connectivity index (χ1n) is 9.41. The number of para-hydroxylation sites is 1. The zero-order valence-corrected chi connectivity index (χ0v) is 15.0. The Morgan fingerprint density at radius 3 is 2.44 bits per heavy atom. The van der Waals surface area contributed by atoms with Crippen LogP contribution in [0, 0.1) is 5.92 Å². The number of carbonyl (C=O) groups is 2. The van der Waals surface area contributed by atoms with Gasteiger partial charge in [0.15, 0.2) is 0 Å². The van der Waals surface area contributed by atoms with E-state index in [1.165, 1.54) is 19.3 Å². The molecular weight excluding hydrogens is 316 g/mol. The molecule has 1 saturated carbocycles. The van der Waals surface area contributed by atoms with E-state index in [-0.39, 0.29) is 17.7 Å². The maximum absolute atomic E-state index is 13.0. The van der Waals surface area contributed by atoms with Crippen molar-refractivity contribution in [3.8, 4) is 0 Å². The number of nitrogens with zero attached hydrogens (tertiary/aromatic N) is 1. The number of ether oxygens (including phenoxy) is 1. The van der Waals surface area contributed by atoms with Gasteiger partial charge in [-0.2, -0.15) is 0 Å². The fraction of sp³-hybridized carbons (Fsp3) is 0.600. The Balaban J connectivity index is 1.71. The van der Waals surface area contributed by atoms with Gasteiger partial charge in [-0.1, -0.05) is 31.4 Å². The minimum absolute atomic E-state index is 0.00484. The molecule has 0 spiro atoms. The van der Waals surface area contributed by atoms with E-state index in [4.69, 9.17) is 4.74 Å². The number of hydrogen-bond donors (Lipinski definition) is 1. The van der Waals surface area contributed by atoms with Crippen molar-refractivity contribution >= 4 is 17.5 Å². The Morgan fingerprint density at radius 2 is 1.72 bits per heavy atom. The Morgan fingerprint density at radius 1 is 1.04 bits per heavy atom. The number of benzene rings is 1. The van der Waals surface area contributed by atoms with Crippen molar-refractivity contribution in [1.82, 2.24) is 4.90 Å². The summed E-state index contributed by atoms with van der Waals surface area (Å²) in [4.78, 5) is 27.4. The summed E-state index contributed by atoms with van der Waals surface area (Å²) in [6.45, 7) is 1.26. The average Bonchev–Trinajstić information content (AvgIpc) is 2.68. The predicted octanol–water partition coefficient (Wildman–Crippen LogP) is 3.46. The lowest BCUT2D eigenvalue weighted by molar-refractivity contribution is -0.122. The van der Waals surface area contributed by atoms with Crippen LogP contribution in [0.1, 0.15) is 55.3 Å². The normalized spacial score (nSPS) is 19.4. The third-order valence-electron chi connectivity index (χ3n) is 5.45. The first-order chi connectivity index (χ1) is 12.2. The Bertz CT molecular complexity index is 605. The van der Waals surface area contributed by atoms with E-state index < -0.39 is 0 Å². The summed E-state index contributed by atoms with van der Waals surface area (Å²) in [5.74, 6) is -0.0494. The SMILES string of the molecule is CN(C(=O)c1ccccc1NC(=O)C1CCOCC1)C1CCCCC1. The molecule has 0 unspecified atom stereocenters. The summed E-state index contributed by atoms with van der Waals surface area (Å²) < 4.78 is 5.32. The third-order valence-corrected chi connectivity index (χ3v) is 5.45. The molecule has 25 heavy (non-hydrogen) atoms. The van der Waals surface area contributed by atoms with Crippen LogP contribution in [0.4, 0.5) is 5.69 Å². The van der Waals surface area contributed by atoms with Crippen molar-refractivity contribution in [2.45, 2.75) is 51.0 Å². The zero-order chi connectivity index (χ0) is 17.6. The van der Waals surface area contributed by atoms with Gasteiger partial charge in [0.25, 0.3) is 5.91 Å². The third kappa shape index (κ3) is 4.40. The number of anilines is 1. The predicted molar refractivity (Wildman–Crippen MR) is 97.6 cm³/mol. The van der Waals surface area contributed by atoms with Gasteiger partial charge >= 0.3 is 0 Å². The summed E-state index contributed by atoms with van der Waals surface area (Å²) in [6.07, 6.45) is 7.25. The molecule has 2 aliphatic rings. The molecule has 1 saturated heterocycles. The van der Waals surface area contributed by atoms with Crippen molar-refractivity contribution in [3.05, 3.63) is 29.8 Å². The Hall–Kier alpha value is -1.88. The van der Waals surface area contributed by atoms with E-state index in [0.717, 1.165) is 25.7 Å². The standard InChI is InChI=1S/C20H28N2O3/c1-22(16-7-3-2-4-8-16)20(24)17-9-5-6-10-18(17)21-19(23)15-11-13-25-14-12-15/h5-6,9-10,15-16H,2-4,7-8,11-14H2,1H3,(H,21,23). The molecule has 1 aromatic rings. The van der Waals surface area contributed by atoms with Crippen LogP contribution in [-0.2, 0) is 9.53 Å². The lowest BCUT2D eigenvalue weighted by atomic mass is 9.94. The Kier molecular flexibility index (Phi) is 6.08. The second-order valence-corrected chi connectivity index (χ2v) is 7.13. The van der Waals surface area contributed by atoms with Crippen LogP contribution in [-0.4, -0.2) is 43.0 Å². The lowest BCUT2D eigenvalue weighted by Crippen LogP contribution is -2.38. The highest BCUT2D eigenvalue weighted by Crippen LogP contribution is 2.26. The van der Waals surface area contributed by atoms with E-state index in [9.17, 15) is 9.59 Å². The average molecular weight is 344 g/mol. The van der Waals surface area contributed by atoms with E-state index >= 15 is 0 Å². The minimum atomic E-state index is -0.0343. The molecule has 1 N–H and O–H groups in total. The number of carbonyl (C=O) groups excluding carboxylic acids is 2. The maximum Gasteiger partial charge on any atom is 0.255 e. The number of nitrogens with one attached hydrogen (secondary N) is 1.